The molecule has 0 atom stereocenters. The number of carbonyl (C=O) groups is 2. The second-order valence-corrected chi connectivity index (χ2v) is 3.44. The molecule has 72 valence electrons. The Kier molecular flexibility index (Phi) is 9.70. The molecule has 0 aliphatic carbocycles. The lowest BCUT2D eigenvalue weighted by Crippen LogP contribution is -2.10. The van der Waals surface area contributed by atoms with Gasteiger partial charge in [0.05, 0.1) is 5.60 Å². The van der Waals surface area contributed by atoms with E-state index in [0.29, 0.717) is 19.3 Å². The van der Waals surface area contributed by atoms with Gasteiger partial charge in [0.2, 0.25) is 0 Å². The Morgan fingerprint density at radius 2 is 1.33 bits per heavy atom. The summed E-state index contributed by atoms with van der Waals surface area (Å²) in [6.45, 7) is 5.23. The minimum atomic E-state index is -0.500. The highest BCUT2D eigenvalue weighted by Crippen LogP contribution is 1.93. The summed E-state index contributed by atoms with van der Waals surface area (Å²) in [4.78, 5) is 19.1. The van der Waals surface area contributed by atoms with Crippen LogP contribution in [0.25, 0.3) is 0 Å². The smallest absolute Gasteiger partial charge is 0.120 e. The minimum absolute atomic E-state index is 0.500. The lowest BCUT2D eigenvalue weighted by Gasteiger charge is -2.04. The summed E-state index contributed by atoms with van der Waals surface area (Å²) in [5.74, 6) is 0. The molecule has 0 bridgehead atoms. The molecule has 0 radical (unpaired) electrons. The normalized spacial score (nSPS) is 9.67. The van der Waals surface area contributed by atoms with Crippen molar-refractivity contribution in [1.82, 2.24) is 0 Å². The Hall–Kier alpha value is -0.700. The molecular formula is C9H18O3. The van der Waals surface area contributed by atoms with Gasteiger partial charge in [-0.15, -0.1) is 0 Å². The van der Waals surface area contributed by atoms with Gasteiger partial charge in [0.15, 0.2) is 0 Å². The molecule has 0 aliphatic heterocycles. The summed E-state index contributed by atoms with van der Waals surface area (Å²) in [6.07, 6.45) is 3.37. The predicted octanol–water partition coefficient (Wildman–Crippen LogP) is 1.33. The van der Waals surface area contributed by atoms with Crippen molar-refractivity contribution in [2.24, 2.45) is 0 Å². The second kappa shape index (κ2) is 8.40. The van der Waals surface area contributed by atoms with Crippen LogP contribution in [0, 0.1) is 0 Å². The fraction of sp³-hybridized carbons (Fsp3) is 0.778. The molecule has 0 spiro atoms. The SMILES string of the molecule is CC(C)(C)O.O=CCCCC=O. The Labute approximate surface area is 73.8 Å². The maximum absolute atomic E-state index is 9.56. The molecule has 0 aromatic rings. The molecule has 0 saturated heterocycles. The maximum atomic E-state index is 9.56. The predicted molar refractivity (Wildman–Crippen MR) is 48.0 cm³/mol. The van der Waals surface area contributed by atoms with Crippen LogP contribution in [0.5, 0.6) is 0 Å². The zero-order chi connectivity index (χ0) is 10.0. The van der Waals surface area contributed by atoms with E-state index in [0.717, 1.165) is 12.6 Å². The number of unbranched alkanes of at least 4 members (excludes halogenated alkanes) is 2. The summed E-state index contributed by atoms with van der Waals surface area (Å²) < 4.78 is 0. The lowest BCUT2D eigenvalue weighted by molar-refractivity contribution is -0.108. The van der Waals surface area contributed by atoms with Gasteiger partial charge in [0.1, 0.15) is 12.6 Å². The third-order valence-electron chi connectivity index (χ3n) is 0.644. The molecule has 0 aromatic carbocycles. The molecule has 3 nitrogen and oxygen atoms in total. The van der Waals surface area contributed by atoms with Gasteiger partial charge in [-0.3, -0.25) is 0 Å². The van der Waals surface area contributed by atoms with E-state index < -0.39 is 5.60 Å². The highest BCUT2D eigenvalue weighted by Gasteiger charge is 1.97. The summed E-state index contributed by atoms with van der Waals surface area (Å²) >= 11 is 0. The van der Waals surface area contributed by atoms with Crippen LogP contribution in [-0.2, 0) is 9.59 Å². The van der Waals surface area contributed by atoms with Crippen molar-refractivity contribution in [1.29, 1.82) is 0 Å². The van der Waals surface area contributed by atoms with Crippen LogP contribution in [-0.4, -0.2) is 23.3 Å². The van der Waals surface area contributed by atoms with Crippen LogP contribution in [0.2, 0.25) is 0 Å². The summed E-state index contributed by atoms with van der Waals surface area (Å²) in [7, 11) is 0. The van der Waals surface area contributed by atoms with E-state index in [9.17, 15) is 9.59 Å². The van der Waals surface area contributed by atoms with E-state index in [1.165, 1.54) is 0 Å². The van der Waals surface area contributed by atoms with E-state index in [-0.39, 0.29) is 0 Å². The second-order valence-electron chi connectivity index (χ2n) is 3.44. The summed E-state index contributed by atoms with van der Waals surface area (Å²) in [5, 5.41) is 8.52. The van der Waals surface area contributed by atoms with Crippen LogP contribution >= 0.6 is 0 Å². The van der Waals surface area contributed by atoms with E-state index >= 15 is 0 Å². The zero-order valence-electron chi connectivity index (χ0n) is 8.04. The molecule has 1 N–H and O–H groups in total. The molecule has 0 amide bonds. The summed E-state index contributed by atoms with van der Waals surface area (Å²) in [5.41, 5.74) is -0.500. The van der Waals surface area contributed by atoms with Crippen molar-refractivity contribution >= 4 is 12.6 Å². The van der Waals surface area contributed by atoms with E-state index in [4.69, 9.17) is 5.11 Å². The summed E-state index contributed by atoms with van der Waals surface area (Å²) in [6, 6.07) is 0. The first-order chi connectivity index (χ1) is 5.41. The highest BCUT2D eigenvalue weighted by atomic mass is 16.3. The molecule has 0 aromatic heterocycles. The fourth-order valence-electron chi connectivity index (χ4n) is 0.285. The van der Waals surface area contributed by atoms with E-state index in [1.807, 2.05) is 0 Å². The first kappa shape index (κ1) is 13.9. The Bertz CT molecular complexity index is 99.4. The lowest BCUT2D eigenvalue weighted by atomic mass is 10.2. The number of carbonyl (C=O) groups excluding carboxylic acids is 2. The molecule has 3 heteroatoms. The molecule has 12 heavy (non-hydrogen) atoms. The minimum Gasteiger partial charge on any atom is -0.391 e. The fourth-order valence-corrected chi connectivity index (χ4v) is 0.285. The van der Waals surface area contributed by atoms with Gasteiger partial charge >= 0.3 is 0 Å². The van der Waals surface area contributed by atoms with Crippen LogP contribution in [0.4, 0.5) is 0 Å². The molecule has 0 rings (SSSR count). The van der Waals surface area contributed by atoms with Crippen molar-refractivity contribution in [3.63, 3.8) is 0 Å². The van der Waals surface area contributed by atoms with Crippen LogP contribution in [0.15, 0.2) is 0 Å². The zero-order valence-corrected chi connectivity index (χ0v) is 8.04. The Balaban J connectivity index is 0. The molecular weight excluding hydrogens is 156 g/mol. The number of hydrogen-bond acceptors (Lipinski definition) is 3. The van der Waals surface area contributed by atoms with Crippen LogP contribution in [0.3, 0.4) is 0 Å². The molecule has 0 unspecified atom stereocenters. The third-order valence-corrected chi connectivity index (χ3v) is 0.644. The van der Waals surface area contributed by atoms with Gasteiger partial charge in [0, 0.05) is 12.8 Å². The first-order valence-electron chi connectivity index (χ1n) is 4.01. The van der Waals surface area contributed by atoms with Gasteiger partial charge in [-0.25, -0.2) is 0 Å². The average Bonchev–Trinajstić information content (AvgIpc) is 1.85. The van der Waals surface area contributed by atoms with Gasteiger partial charge in [-0.1, -0.05) is 0 Å². The molecule has 0 heterocycles. The van der Waals surface area contributed by atoms with Gasteiger partial charge < -0.3 is 14.7 Å². The number of hydrogen-bond donors (Lipinski definition) is 1. The Morgan fingerprint density at radius 3 is 1.50 bits per heavy atom. The van der Waals surface area contributed by atoms with E-state index in [1.54, 1.807) is 20.8 Å². The van der Waals surface area contributed by atoms with Gasteiger partial charge in [-0.2, -0.15) is 0 Å². The van der Waals surface area contributed by atoms with Crippen molar-refractivity contribution in [3.05, 3.63) is 0 Å². The van der Waals surface area contributed by atoms with Crippen molar-refractivity contribution in [3.8, 4) is 0 Å². The van der Waals surface area contributed by atoms with Crippen molar-refractivity contribution < 1.29 is 14.7 Å². The maximum Gasteiger partial charge on any atom is 0.120 e. The molecule has 0 saturated carbocycles. The average molecular weight is 174 g/mol. The monoisotopic (exact) mass is 174 g/mol. The van der Waals surface area contributed by atoms with Gasteiger partial charge in [0.25, 0.3) is 0 Å². The Morgan fingerprint density at radius 1 is 1.08 bits per heavy atom. The standard InChI is InChI=1S/C5H8O2.C4H10O/c6-4-2-1-3-5-7;1-4(2,3)5/h4-5H,1-3H2;5H,1-3H3. The largest absolute Gasteiger partial charge is 0.391 e. The highest BCUT2D eigenvalue weighted by molar-refractivity contribution is 5.52. The van der Waals surface area contributed by atoms with E-state index in [2.05, 4.69) is 0 Å². The number of aldehydes is 2. The topological polar surface area (TPSA) is 54.4 Å². The molecule has 0 fully saturated rings. The van der Waals surface area contributed by atoms with Gasteiger partial charge in [-0.05, 0) is 27.2 Å². The van der Waals surface area contributed by atoms with Crippen LogP contribution in [0.1, 0.15) is 40.0 Å². The van der Waals surface area contributed by atoms with Crippen molar-refractivity contribution in [2.45, 2.75) is 45.6 Å². The van der Waals surface area contributed by atoms with Crippen LogP contribution < -0.4 is 0 Å². The number of aliphatic hydroxyl groups is 1. The molecule has 0 aliphatic rings. The first-order valence-corrected chi connectivity index (χ1v) is 4.01. The number of rotatable bonds is 4. The van der Waals surface area contributed by atoms with Crippen molar-refractivity contribution in [2.75, 3.05) is 0 Å². The quantitative estimate of drug-likeness (QED) is 0.516. The third kappa shape index (κ3) is 58.8.